The number of halogens is 1. The molecule has 0 atom stereocenters. The van der Waals surface area contributed by atoms with Crippen molar-refractivity contribution in [3.05, 3.63) is 66.3 Å². The molecule has 0 radical (unpaired) electrons. The van der Waals surface area contributed by atoms with E-state index in [9.17, 15) is 17.6 Å². The summed E-state index contributed by atoms with van der Waals surface area (Å²) >= 11 is 0. The van der Waals surface area contributed by atoms with Gasteiger partial charge in [0.2, 0.25) is 0 Å². The lowest BCUT2D eigenvalue weighted by Gasteiger charge is -2.24. The van der Waals surface area contributed by atoms with E-state index in [-0.39, 0.29) is 28.2 Å². The maximum Gasteiger partial charge on any atom is 0.431 e. The lowest BCUT2D eigenvalue weighted by atomic mass is 10.2. The number of nitrogens with zero attached hydrogens (tertiary/aromatic N) is 6. The maximum atomic E-state index is 14.3. The number of rotatable bonds is 6. The molecule has 3 aromatic heterocycles. The van der Waals surface area contributed by atoms with Crippen LogP contribution >= 0.6 is 0 Å². The number of hydrogen-bond donors (Lipinski definition) is 1. The van der Waals surface area contributed by atoms with Gasteiger partial charge < -0.3 is 9.26 Å². The predicted octanol–water partition coefficient (Wildman–Crippen LogP) is 3.13. The normalized spacial score (nSPS) is 11.9. The summed E-state index contributed by atoms with van der Waals surface area (Å²) in [5, 5.41) is 13.7. The molecular formula is C22H22FN7O5S. The third-order valence-corrected chi connectivity index (χ3v) is 5.50. The van der Waals surface area contributed by atoms with Gasteiger partial charge in [0, 0.05) is 23.9 Å². The van der Waals surface area contributed by atoms with Crippen molar-refractivity contribution < 1.29 is 26.9 Å². The van der Waals surface area contributed by atoms with E-state index >= 15 is 0 Å². The van der Waals surface area contributed by atoms with Crippen molar-refractivity contribution >= 4 is 22.1 Å². The minimum atomic E-state index is -4.59. The highest BCUT2D eigenvalue weighted by atomic mass is 32.2. The Hall–Kier alpha value is -4.17. The second kappa shape index (κ2) is 9.47. The largest absolute Gasteiger partial charge is 0.443 e. The molecule has 0 aliphatic heterocycles. The minimum absolute atomic E-state index is 0.0262. The molecule has 0 aliphatic carbocycles. The average Bonchev–Trinajstić information content (AvgIpc) is 3.43. The quantitative estimate of drug-likeness (QED) is 0.407. The number of aromatic nitrogens is 5. The highest BCUT2D eigenvalue weighted by Gasteiger charge is 2.32. The van der Waals surface area contributed by atoms with Gasteiger partial charge in [-0.2, -0.15) is 13.5 Å². The molecule has 2 N–H and O–H groups in total. The number of benzene rings is 1. The molecule has 0 saturated heterocycles. The van der Waals surface area contributed by atoms with Crippen LogP contribution in [0.1, 0.15) is 26.3 Å². The zero-order valence-electron chi connectivity index (χ0n) is 19.5. The summed E-state index contributed by atoms with van der Waals surface area (Å²) in [6.45, 7) is 4.78. The van der Waals surface area contributed by atoms with Gasteiger partial charge in [-0.15, -0.1) is 4.31 Å². The van der Waals surface area contributed by atoms with Crippen LogP contribution in [0.25, 0.3) is 22.9 Å². The van der Waals surface area contributed by atoms with Crippen LogP contribution in [0.4, 0.5) is 15.0 Å². The molecule has 1 amide bonds. The van der Waals surface area contributed by atoms with Gasteiger partial charge in [0.25, 0.3) is 0 Å². The molecule has 0 aliphatic rings. The van der Waals surface area contributed by atoms with E-state index in [1.165, 1.54) is 29.3 Å². The predicted molar refractivity (Wildman–Crippen MR) is 126 cm³/mol. The van der Waals surface area contributed by atoms with E-state index in [0.717, 1.165) is 0 Å². The lowest BCUT2D eigenvalue weighted by Crippen LogP contribution is -2.44. The molecule has 4 aromatic rings. The zero-order valence-corrected chi connectivity index (χ0v) is 20.3. The van der Waals surface area contributed by atoms with E-state index in [4.69, 9.17) is 14.4 Å². The van der Waals surface area contributed by atoms with E-state index in [1.54, 1.807) is 51.1 Å². The van der Waals surface area contributed by atoms with Gasteiger partial charge in [-0.05, 0) is 32.9 Å². The fourth-order valence-electron chi connectivity index (χ4n) is 3.20. The highest BCUT2D eigenvalue weighted by molar-refractivity contribution is 7.91. The monoisotopic (exact) mass is 515 g/mol. The summed E-state index contributed by atoms with van der Waals surface area (Å²) in [5.74, 6) is -0.787. The number of hydrogen-bond acceptors (Lipinski definition) is 9. The third-order valence-electron chi connectivity index (χ3n) is 4.65. The second-order valence-corrected chi connectivity index (χ2v) is 9.97. The Morgan fingerprint density at radius 1 is 1.19 bits per heavy atom. The van der Waals surface area contributed by atoms with Crippen LogP contribution in [0, 0.1) is 5.82 Å². The Balaban J connectivity index is 1.77. The first-order valence-electron chi connectivity index (χ1n) is 10.5. The molecule has 0 saturated carbocycles. The summed E-state index contributed by atoms with van der Waals surface area (Å²) in [6, 6.07) is 10.6. The van der Waals surface area contributed by atoms with Gasteiger partial charge in [0.05, 0.1) is 12.2 Å². The van der Waals surface area contributed by atoms with Crippen molar-refractivity contribution in [3.63, 3.8) is 0 Å². The van der Waals surface area contributed by atoms with E-state index in [0.29, 0.717) is 17.0 Å². The standard InChI is InChI=1S/C22H22FN7O5S/c1-22(2,3)35-21(31)30(36(24,32)33)19-8-10-25-20(26-19)17-12-18(16-9-11-34-28-16)29(27-17)13-14-6-4-5-7-15(14)23/h4-12H,13H2,1-3H3,(H2,24,32,33). The summed E-state index contributed by atoms with van der Waals surface area (Å²) in [6.07, 6.45) is 1.38. The molecule has 36 heavy (non-hydrogen) atoms. The van der Waals surface area contributed by atoms with Crippen LogP contribution < -0.4 is 9.44 Å². The fourth-order valence-corrected chi connectivity index (χ4v) is 3.81. The van der Waals surface area contributed by atoms with Gasteiger partial charge in [-0.3, -0.25) is 4.68 Å². The Morgan fingerprint density at radius 2 is 1.94 bits per heavy atom. The van der Waals surface area contributed by atoms with E-state index in [1.807, 2.05) is 0 Å². The van der Waals surface area contributed by atoms with Gasteiger partial charge in [-0.25, -0.2) is 24.3 Å². The molecule has 0 fully saturated rings. The van der Waals surface area contributed by atoms with Crippen molar-refractivity contribution in [2.75, 3.05) is 4.31 Å². The van der Waals surface area contributed by atoms with E-state index in [2.05, 4.69) is 20.2 Å². The molecule has 0 unspecified atom stereocenters. The first kappa shape index (κ1) is 24.9. The number of carbonyl (C=O) groups excluding carboxylic acids is 1. The summed E-state index contributed by atoms with van der Waals surface area (Å²) in [7, 11) is -4.59. The molecule has 188 valence electrons. The smallest absolute Gasteiger partial charge is 0.431 e. The first-order chi connectivity index (χ1) is 16.9. The number of carbonyl (C=O) groups is 1. The molecule has 0 spiro atoms. The topological polar surface area (TPSA) is 159 Å². The number of anilines is 1. The van der Waals surface area contributed by atoms with E-state index < -0.39 is 27.7 Å². The van der Waals surface area contributed by atoms with Crippen molar-refractivity contribution in [2.24, 2.45) is 5.14 Å². The van der Waals surface area contributed by atoms with Crippen molar-refractivity contribution in [2.45, 2.75) is 32.9 Å². The highest BCUT2D eigenvalue weighted by Crippen LogP contribution is 2.26. The van der Waals surface area contributed by atoms with Crippen molar-refractivity contribution in [3.8, 4) is 22.9 Å². The maximum absolute atomic E-state index is 14.3. The zero-order chi connectivity index (χ0) is 26.1. The molecule has 0 bridgehead atoms. The Bertz CT molecular complexity index is 1500. The van der Waals surface area contributed by atoms with Crippen molar-refractivity contribution in [1.82, 2.24) is 24.9 Å². The van der Waals surface area contributed by atoms with Gasteiger partial charge in [0.15, 0.2) is 11.6 Å². The van der Waals surface area contributed by atoms with Crippen LogP contribution in [0.15, 0.2) is 59.4 Å². The van der Waals surface area contributed by atoms with Crippen LogP contribution in [0.5, 0.6) is 0 Å². The summed E-state index contributed by atoms with van der Waals surface area (Å²) < 4.78 is 50.6. The van der Waals surface area contributed by atoms with Gasteiger partial charge >= 0.3 is 16.3 Å². The minimum Gasteiger partial charge on any atom is -0.443 e. The van der Waals surface area contributed by atoms with Crippen LogP contribution in [-0.4, -0.2) is 45.0 Å². The lowest BCUT2D eigenvalue weighted by molar-refractivity contribution is 0.0608. The third kappa shape index (κ3) is 5.55. The fraction of sp³-hybridized carbons (Fsp3) is 0.227. The number of ether oxygens (including phenoxy) is 1. The Morgan fingerprint density at radius 3 is 2.58 bits per heavy atom. The average molecular weight is 516 g/mol. The van der Waals surface area contributed by atoms with Crippen molar-refractivity contribution in [1.29, 1.82) is 0 Å². The summed E-state index contributed by atoms with van der Waals surface area (Å²) in [4.78, 5) is 20.9. The Labute approximate surface area is 205 Å². The molecule has 3 heterocycles. The number of nitrogens with two attached hydrogens (primary N) is 1. The van der Waals surface area contributed by atoms with Crippen LogP contribution in [0.3, 0.4) is 0 Å². The first-order valence-corrected chi connectivity index (χ1v) is 12.0. The molecule has 1 aromatic carbocycles. The molecule has 4 rings (SSSR count). The van der Waals surface area contributed by atoms with Crippen LogP contribution in [-0.2, 0) is 21.5 Å². The molecular weight excluding hydrogens is 493 g/mol. The Kier molecular flexibility index (Phi) is 6.56. The summed E-state index contributed by atoms with van der Waals surface area (Å²) in [5.41, 5.74) is 0.461. The van der Waals surface area contributed by atoms with Gasteiger partial charge in [-0.1, -0.05) is 23.4 Å². The van der Waals surface area contributed by atoms with Crippen LogP contribution in [0.2, 0.25) is 0 Å². The van der Waals surface area contributed by atoms with Gasteiger partial charge in [0.1, 0.15) is 29.1 Å². The molecule has 14 heteroatoms. The molecule has 12 nitrogen and oxygen atoms in total. The SMILES string of the molecule is CC(C)(C)OC(=O)N(c1ccnc(-c2cc(-c3ccon3)n(Cc3ccccc3F)n2)n1)S(N)(=O)=O. The second-order valence-electron chi connectivity index (χ2n) is 8.58. The number of amides is 1.